The van der Waals surface area contributed by atoms with Crippen molar-refractivity contribution in [1.29, 1.82) is 0 Å². The van der Waals surface area contributed by atoms with Gasteiger partial charge in [0.1, 0.15) is 0 Å². The molecule has 0 fully saturated rings. The Bertz CT molecular complexity index is 3220. The first-order valence-electron chi connectivity index (χ1n) is 25.0. The van der Waals surface area contributed by atoms with Crippen molar-refractivity contribution >= 4 is 95.0 Å². The highest BCUT2D eigenvalue weighted by molar-refractivity contribution is 7.33. The number of nitrogens with zero attached hydrogens (tertiary/aromatic N) is 3. The molecule has 4 aliphatic rings. The van der Waals surface area contributed by atoms with Crippen LogP contribution in [0.15, 0.2) is 139 Å². The molecule has 0 amide bonds. The molecule has 0 unspecified atom stereocenters. The SMILES string of the molecule is CNc1ccccc1N(C1=CC=CCC1)c1cc2c3c(c1)N(c1ccc(C(C)(C)C)cc1)c1c(sc4ccc(C(C)(C)C)cc14)B3c1cc3c(cc1N2c1ccccc1C)C(C)(C)CCC3(C)C. The number of aryl methyl sites for hydroxylation is 1. The Morgan fingerprint density at radius 3 is 1.99 bits per heavy atom. The number of allylic oxidation sites excluding steroid dienone is 4. The molecule has 6 heteroatoms. The molecule has 11 rings (SSSR count). The van der Waals surface area contributed by atoms with Gasteiger partial charge in [-0.15, -0.1) is 11.3 Å². The van der Waals surface area contributed by atoms with E-state index in [2.05, 4.69) is 230 Å². The van der Waals surface area contributed by atoms with Gasteiger partial charge in [-0.3, -0.25) is 0 Å². The number of benzene rings is 6. The molecule has 0 atom stereocenters. The minimum absolute atomic E-state index is 0.0125. The summed E-state index contributed by atoms with van der Waals surface area (Å²) in [5, 5.41) is 4.91. The van der Waals surface area contributed by atoms with Crippen molar-refractivity contribution in [3.63, 3.8) is 0 Å². The van der Waals surface area contributed by atoms with E-state index in [1.165, 1.54) is 99.8 Å². The van der Waals surface area contributed by atoms with Crippen LogP contribution in [0.4, 0.5) is 51.2 Å². The summed E-state index contributed by atoms with van der Waals surface area (Å²) in [5.74, 6) is 0. The van der Waals surface area contributed by atoms with Crippen LogP contribution < -0.4 is 35.7 Å². The number of fused-ring (bicyclic) bond motifs is 7. The Balaban J connectivity index is 1.32. The summed E-state index contributed by atoms with van der Waals surface area (Å²) in [6.45, 7) is 26.2. The maximum absolute atomic E-state index is 3.59. The summed E-state index contributed by atoms with van der Waals surface area (Å²) < 4.78 is 2.75. The van der Waals surface area contributed by atoms with E-state index in [9.17, 15) is 0 Å². The van der Waals surface area contributed by atoms with Crippen molar-refractivity contribution in [2.75, 3.05) is 27.1 Å². The van der Waals surface area contributed by atoms with E-state index >= 15 is 0 Å². The van der Waals surface area contributed by atoms with E-state index < -0.39 is 0 Å². The fourth-order valence-electron chi connectivity index (χ4n) is 11.7. The number of hydrogen-bond donors (Lipinski definition) is 1. The molecule has 68 heavy (non-hydrogen) atoms. The van der Waals surface area contributed by atoms with Crippen molar-refractivity contribution < 1.29 is 0 Å². The molecular weight excluding hydrogens is 844 g/mol. The third-order valence-corrected chi connectivity index (χ3v) is 17.0. The van der Waals surface area contributed by atoms with Crippen molar-refractivity contribution in [3.8, 4) is 0 Å². The smallest absolute Gasteiger partial charge is 0.264 e. The lowest BCUT2D eigenvalue weighted by Gasteiger charge is -2.47. The van der Waals surface area contributed by atoms with Gasteiger partial charge in [-0.1, -0.05) is 136 Å². The van der Waals surface area contributed by atoms with Gasteiger partial charge < -0.3 is 20.0 Å². The zero-order valence-electron chi connectivity index (χ0n) is 42.4. The largest absolute Gasteiger partial charge is 0.386 e. The average Bonchev–Trinajstić information content (AvgIpc) is 3.69. The lowest BCUT2D eigenvalue weighted by molar-refractivity contribution is 0.332. The Kier molecular flexibility index (Phi) is 10.3. The number of anilines is 9. The molecule has 2 aliphatic heterocycles. The molecule has 7 aromatic rings. The Morgan fingerprint density at radius 2 is 1.32 bits per heavy atom. The van der Waals surface area contributed by atoms with E-state index in [0.717, 1.165) is 36.3 Å². The highest BCUT2D eigenvalue weighted by atomic mass is 32.1. The van der Waals surface area contributed by atoms with Gasteiger partial charge in [0, 0.05) is 56.0 Å². The van der Waals surface area contributed by atoms with Gasteiger partial charge in [0.05, 0.1) is 22.7 Å². The first-order valence-corrected chi connectivity index (χ1v) is 25.8. The van der Waals surface area contributed by atoms with Gasteiger partial charge in [0.2, 0.25) is 0 Å². The molecule has 0 saturated carbocycles. The maximum atomic E-state index is 3.59. The van der Waals surface area contributed by atoms with Crippen molar-refractivity contribution in [2.45, 2.75) is 124 Å². The summed E-state index contributed by atoms with van der Waals surface area (Å²) in [6, 6.07) is 45.1. The zero-order chi connectivity index (χ0) is 47.7. The molecule has 3 heterocycles. The van der Waals surface area contributed by atoms with E-state index in [4.69, 9.17) is 0 Å². The second kappa shape index (κ2) is 15.8. The molecule has 0 radical (unpaired) electrons. The van der Waals surface area contributed by atoms with E-state index in [0.29, 0.717) is 0 Å². The molecule has 0 spiro atoms. The fourth-order valence-corrected chi connectivity index (χ4v) is 13.0. The molecule has 1 N–H and O–H groups in total. The first kappa shape index (κ1) is 44.5. The molecule has 2 aliphatic carbocycles. The Morgan fingerprint density at radius 1 is 0.676 bits per heavy atom. The quantitative estimate of drug-likeness (QED) is 0.168. The molecule has 6 aromatic carbocycles. The standard InChI is InChI=1S/C62H67BN4S/c1-39-20-16-18-24-50(39)67-52-38-47-46(61(8,9)32-33-62(47,10)11)37-48(52)63-56-53(35-44(36-54(56)67)65(42-21-14-13-15-22-42)51-25-19-17-23-49(51)64-12)66(43-29-26-40(27-30-43)59(2,3)4)57-45-34-41(60(5,6)7)28-31-55(45)68-58(57)63/h13-14,16-21,23-31,34-38,64H,15,22,32-33H2,1-12H3. The number of nitrogens with one attached hydrogen (secondary N) is 1. The van der Waals surface area contributed by atoms with Gasteiger partial charge in [-0.2, -0.15) is 0 Å². The average molecular weight is 911 g/mol. The second-order valence-electron chi connectivity index (χ2n) is 23.3. The lowest BCUT2D eigenvalue weighted by atomic mass is 9.35. The molecule has 0 bridgehead atoms. The predicted octanol–water partition coefficient (Wildman–Crippen LogP) is 15.7. The predicted molar refractivity (Wildman–Crippen MR) is 298 cm³/mol. The normalized spacial score (nSPS) is 16.8. The van der Waals surface area contributed by atoms with Crippen LogP contribution >= 0.6 is 11.3 Å². The summed E-state index contributed by atoms with van der Waals surface area (Å²) in [7, 11) is 2.05. The molecule has 0 saturated heterocycles. The number of hydrogen-bond acceptors (Lipinski definition) is 5. The summed E-state index contributed by atoms with van der Waals surface area (Å²) >= 11 is 2.00. The zero-order valence-corrected chi connectivity index (χ0v) is 43.2. The highest BCUT2D eigenvalue weighted by Crippen LogP contribution is 2.54. The van der Waals surface area contributed by atoms with E-state index in [-0.39, 0.29) is 28.4 Å². The van der Waals surface area contributed by atoms with Gasteiger partial charge in [0.15, 0.2) is 0 Å². The van der Waals surface area contributed by atoms with Crippen molar-refractivity contribution in [2.24, 2.45) is 0 Å². The number of para-hydroxylation sites is 3. The summed E-state index contributed by atoms with van der Waals surface area (Å²) in [5.41, 5.74) is 22.0. The number of thiophene rings is 1. The molecule has 344 valence electrons. The minimum Gasteiger partial charge on any atom is -0.386 e. The highest BCUT2D eigenvalue weighted by Gasteiger charge is 2.48. The first-order chi connectivity index (χ1) is 32.4. The van der Waals surface area contributed by atoms with Gasteiger partial charge >= 0.3 is 0 Å². The van der Waals surface area contributed by atoms with Crippen LogP contribution in [0, 0.1) is 6.92 Å². The lowest BCUT2D eigenvalue weighted by Crippen LogP contribution is -2.61. The van der Waals surface area contributed by atoms with Crippen LogP contribution in [0.2, 0.25) is 0 Å². The molecule has 4 nitrogen and oxygen atoms in total. The second-order valence-corrected chi connectivity index (χ2v) is 24.4. The van der Waals surface area contributed by atoms with Gasteiger partial charge in [0.25, 0.3) is 6.71 Å². The monoisotopic (exact) mass is 911 g/mol. The Hall–Kier alpha value is -5.98. The minimum atomic E-state index is -0.0125. The third-order valence-electron chi connectivity index (χ3n) is 15.8. The fraction of sp³-hybridized carbons (Fsp3) is 0.323. The maximum Gasteiger partial charge on any atom is 0.264 e. The van der Waals surface area contributed by atoms with Gasteiger partial charge in [-0.05, 0) is 160 Å². The van der Waals surface area contributed by atoms with Crippen molar-refractivity contribution in [3.05, 3.63) is 167 Å². The summed E-state index contributed by atoms with van der Waals surface area (Å²) in [6.07, 6.45) is 11.1. The van der Waals surface area contributed by atoms with Crippen LogP contribution in [0.5, 0.6) is 0 Å². The third kappa shape index (κ3) is 7.07. The Labute approximate surface area is 410 Å². The molecule has 1 aromatic heterocycles. The molecular formula is C62H67BN4S. The van der Waals surface area contributed by atoms with Crippen LogP contribution in [0.25, 0.3) is 10.1 Å². The summed E-state index contributed by atoms with van der Waals surface area (Å²) in [4.78, 5) is 7.87. The van der Waals surface area contributed by atoms with Gasteiger partial charge in [-0.25, -0.2) is 0 Å². The van der Waals surface area contributed by atoms with Crippen LogP contribution in [-0.4, -0.2) is 13.8 Å². The topological polar surface area (TPSA) is 21.8 Å². The van der Waals surface area contributed by atoms with E-state index in [1.807, 2.05) is 18.4 Å². The number of rotatable bonds is 6. The van der Waals surface area contributed by atoms with Crippen molar-refractivity contribution in [1.82, 2.24) is 0 Å². The van der Waals surface area contributed by atoms with E-state index in [1.54, 1.807) is 0 Å². The van der Waals surface area contributed by atoms with Crippen LogP contribution in [-0.2, 0) is 21.7 Å². The van der Waals surface area contributed by atoms with Crippen LogP contribution in [0.1, 0.15) is 123 Å². The van der Waals surface area contributed by atoms with Crippen LogP contribution in [0.3, 0.4) is 0 Å².